The van der Waals surface area contributed by atoms with Gasteiger partial charge in [0.2, 0.25) is 5.91 Å². The molecule has 0 unspecified atom stereocenters. The molecule has 2 saturated carbocycles. The molecule has 90 valence electrons. The molecule has 0 aromatic carbocycles. The lowest BCUT2D eigenvalue weighted by Crippen LogP contribution is -2.65. The number of ether oxygens (including phenoxy) is 1. The van der Waals surface area contributed by atoms with Gasteiger partial charge in [-0.25, -0.2) is 0 Å². The van der Waals surface area contributed by atoms with Crippen LogP contribution in [0.15, 0.2) is 0 Å². The highest BCUT2D eigenvalue weighted by molar-refractivity contribution is 5.81. The molecule has 2 aliphatic carbocycles. The van der Waals surface area contributed by atoms with Gasteiger partial charge < -0.3 is 15.2 Å². The summed E-state index contributed by atoms with van der Waals surface area (Å²) in [6.07, 6.45) is 4.31. The van der Waals surface area contributed by atoms with Crippen LogP contribution in [-0.4, -0.2) is 36.4 Å². The zero-order valence-electron chi connectivity index (χ0n) is 9.45. The van der Waals surface area contributed by atoms with Crippen LogP contribution < -0.4 is 5.32 Å². The predicted octanol–water partition coefficient (Wildman–Crippen LogP) is 0.443. The van der Waals surface area contributed by atoms with E-state index in [4.69, 9.17) is 4.74 Å². The molecule has 0 bridgehead atoms. The Kier molecular flexibility index (Phi) is 2.44. The van der Waals surface area contributed by atoms with Crippen LogP contribution in [-0.2, 0) is 9.53 Å². The van der Waals surface area contributed by atoms with E-state index in [2.05, 4.69) is 5.32 Å². The minimum atomic E-state index is -0.249. The maximum absolute atomic E-state index is 11.7. The molecule has 4 heteroatoms. The van der Waals surface area contributed by atoms with Gasteiger partial charge in [0.15, 0.2) is 0 Å². The topological polar surface area (TPSA) is 58.6 Å². The van der Waals surface area contributed by atoms with E-state index in [-0.39, 0.29) is 29.4 Å². The summed E-state index contributed by atoms with van der Waals surface area (Å²) in [5.74, 6) is 0.456. The Morgan fingerprint density at radius 2 is 2.00 bits per heavy atom. The van der Waals surface area contributed by atoms with Crippen molar-refractivity contribution in [2.75, 3.05) is 13.2 Å². The molecule has 1 saturated heterocycles. The van der Waals surface area contributed by atoms with Gasteiger partial charge in [0.25, 0.3) is 0 Å². The number of carbonyl (C=O) groups is 1. The third-order valence-electron chi connectivity index (χ3n) is 4.50. The molecular formula is C12H19NO3. The van der Waals surface area contributed by atoms with Gasteiger partial charge in [0, 0.05) is 30.6 Å². The average molecular weight is 225 g/mol. The molecule has 1 aliphatic heterocycles. The second kappa shape index (κ2) is 3.70. The zero-order valence-corrected chi connectivity index (χ0v) is 9.45. The first kappa shape index (κ1) is 10.5. The van der Waals surface area contributed by atoms with Gasteiger partial charge in [0.05, 0.1) is 6.10 Å². The Hall–Kier alpha value is -0.610. The largest absolute Gasteiger partial charge is 0.392 e. The Morgan fingerprint density at radius 3 is 2.56 bits per heavy atom. The summed E-state index contributed by atoms with van der Waals surface area (Å²) in [5, 5.41) is 13.1. The van der Waals surface area contributed by atoms with Crippen molar-refractivity contribution in [2.45, 2.75) is 44.2 Å². The Balaban J connectivity index is 1.64. The molecular weight excluding hydrogens is 206 g/mol. The van der Waals surface area contributed by atoms with E-state index in [1.807, 2.05) is 0 Å². The van der Waals surface area contributed by atoms with Crippen molar-refractivity contribution in [3.8, 4) is 0 Å². The van der Waals surface area contributed by atoms with Crippen LogP contribution in [0.5, 0.6) is 0 Å². The SMILES string of the molecule is O=C(N[C@H]1C[C@H](O)C12CCOCC2)C1CC1. The van der Waals surface area contributed by atoms with Crippen molar-refractivity contribution < 1.29 is 14.6 Å². The first-order valence-corrected chi connectivity index (χ1v) is 6.28. The van der Waals surface area contributed by atoms with Gasteiger partial charge in [-0.05, 0) is 32.1 Å². The monoisotopic (exact) mass is 225 g/mol. The van der Waals surface area contributed by atoms with Crippen LogP contribution >= 0.6 is 0 Å². The molecule has 4 nitrogen and oxygen atoms in total. The molecule has 0 aromatic rings. The Bertz CT molecular complexity index is 295. The number of nitrogens with one attached hydrogen (secondary N) is 1. The lowest BCUT2D eigenvalue weighted by Gasteiger charge is -2.55. The first-order chi connectivity index (χ1) is 7.72. The predicted molar refractivity (Wildman–Crippen MR) is 57.8 cm³/mol. The molecule has 0 aromatic heterocycles. The van der Waals surface area contributed by atoms with E-state index in [9.17, 15) is 9.90 Å². The van der Waals surface area contributed by atoms with Crippen molar-refractivity contribution in [3.05, 3.63) is 0 Å². The van der Waals surface area contributed by atoms with Crippen LogP contribution in [0.25, 0.3) is 0 Å². The van der Waals surface area contributed by atoms with Crippen molar-refractivity contribution in [1.29, 1.82) is 0 Å². The van der Waals surface area contributed by atoms with Gasteiger partial charge in [-0.1, -0.05) is 0 Å². The molecule has 3 fully saturated rings. The number of hydrogen-bond donors (Lipinski definition) is 2. The fraction of sp³-hybridized carbons (Fsp3) is 0.917. The zero-order chi connectivity index (χ0) is 11.2. The molecule has 16 heavy (non-hydrogen) atoms. The van der Waals surface area contributed by atoms with Crippen LogP contribution in [0.1, 0.15) is 32.1 Å². The van der Waals surface area contributed by atoms with Crippen molar-refractivity contribution in [3.63, 3.8) is 0 Å². The quantitative estimate of drug-likeness (QED) is 0.717. The second-order valence-corrected chi connectivity index (χ2v) is 5.43. The van der Waals surface area contributed by atoms with E-state index in [1.165, 1.54) is 0 Å². The summed E-state index contributed by atoms with van der Waals surface area (Å²) in [6, 6.07) is 0.180. The fourth-order valence-corrected chi connectivity index (χ4v) is 3.04. The smallest absolute Gasteiger partial charge is 0.223 e. The molecule has 2 atom stereocenters. The third-order valence-corrected chi connectivity index (χ3v) is 4.50. The van der Waals surface area contributed by atoms with E-state index >= 15 is 0 Å². The number of hydrogen-bond acceptors (Lipinski definition) is 3. The van der Waals surface area contributed by atoms with Gasteiger partial charge in [-0.3, -0.25) is 4.79 Å². The summed E-state index contributed by atoms with van der Waals surface area (Å²) in [5.41, 5.74) is -0.0806. The van der Waals surface area contributed by atoms with E-state index in [0.717, 1.165) is 32.1 Å². The second-order valence-electron chi connectivity index (χ2n) is 5.43. The summed E-state index contributed by atoms with van der Waals surface area (Å²) >= 11 is 0. The van der Waals surface area contributed by atoms with Gasteiger partial charge in [-0.15, -0.1) is 0 Å². The fourth-order valence-electron chi connectivity index (χ4n) is 3.04. The molecule has 3 rings (SSSR count). The number of carbonyl (C=O) groups excluding carboxylic acids is 1. The van der Waals surface area contributed by atoms with Crippen LogP contribution in [0, 0.1) is 11.3 Å². The molecule has 1 spiro atoms. The van der Waals surface area contributed by atoms with E-state index < -0.39 is 0 Å². The lowest BCUT2D eigenvalue weighted by atomic mass is 9.58. The van der Waals surface area contributed by atoms with Gasteiger partial charge in [-0.2, -0.15) is 0 Å². The van der Waals surface area contributed by atoms with Crippen LogP contribution in [0.2, 0.25) is 0 Å². The molecule has 0 radical (unpaired) electrons. The third kappa shape index (κ3) is 1.55. The van der Waals surface area contributed by atoms with Crippen LogP contribution in [0.3, 0.4) is 0 Å². The normalized spacial score (nSPS) is 36.8. The molecule has 2 N–H and O–H groups in total. The van der Waals surface area contributed by atoms with Crippen LogP contribution in [0.4, 0.5) is 0 Å². The van der Waals surface area contributed by atoms with Crippen molar-refractivity contribution in [1.82, 2.24) is 5.32 Å². The number of amides is 1. The highest BCUT2D eigenvalue weighted by Gasteiger charge is 2.55. The molecule has 1 amide bonds. The Morgan fingerprint density at radius 1 is 1.31 bits per heavy atom. The molecule has 3 aliphatic rings. The summed E-state index contributed by atoms with van der Waals surface area (Å²) < 4.78 is 5.34. The van der Waals surface area contributed by atoms with E-state index in [1.54, 1.807) is 0 Å². The highest BCUT2D eigenvalue weighted by Crippen LogP contribution is 2.49. The first-order valence-electron chi connectivity index (χ1n) is 6.28. The average Bonchev–Trinajstić information content (AvgIpc) is 3.13. The maximum atomic E-state index is 11.7. The van der Waals surface area contributed by atoms with Crippen molar-refractivity contribution in [2.24, 2.45) is 11.3 Å². The molecule has 1 heterocycles. The van der Waals surface area contributed by atoms with E-state index in [0.29, 0.717) is 13.2 Å². The summed E-state index contributed by atoms with van der Waals surface area (Å²) in [4.78, 5) is 11.7. The minimum absolute atomic E-state index is 0.0806. The number of rotatable bonds is 2. The van der Waals surface area contributed by atoms with Gasteiger partial charge in [0.1, 0.15) is 0 Å². The van der Waals surface area contributed by atoms with Crippen molar-refractivity contribution >= 4 is 5.91 Å². The highest BCUT2D eigenvalue weighted by atomic mass is 16.5. The standard InChI is InChI=1S/C12H19NO3/c14-10-7-9(13-11(15)8-1-2-8)12(10)3-5-16-6-4-12/h8-10,14H,1-7H2,(H,13,15)/t9-,10-/m0/s1. The maximum Gasteiger partial charge on any atom is 0.223 e. The van der Waals surface area contributed by atoms with Gasteiger partial charge >= 0.3 is 0 Å². The lowest BCUT2D eigenvalue weighted by molar-refractivity contribution is -0.156. The minimum Gasteiger partial charge on any atom is -0.392 e. The number of aliphatic hydroxyl groups is 1. The number of aliphatic hydroxyl groups excluding tert-OH is 1. The Labute approximate surface area is 95.4 Å². The summed E-state index contributed by atoms with van der Waals surface area (Å²) in [7, 11) is 0. The summed E-state index contributed by atoms with van der Waals surface area (Å²) in [6.45, 7) is 1.43.